The molecule has 3 rings (SSSR count). The summed E-state index contributed by atoms with van der Waals surface area (Å²) >= 11 is 24.8. The van der Waals surface area contributed by atoms with Gasteiger partial charge in [-0.3, -0.25) is 0 Å². The van der Waals surface area contributed by atoms with Crippen molar-refractivity contribution < 1.29 is 4.74 Å². The molecule has 0 saturated heterocycles. The first-order valence-corrected chi connectivity index (χ1v) is 8.95. The van der Waals surface area contributed by atoms with Gasteiger partial charge in [-0.25, -0.2) is 4.98 Å². The van der Waals surface area contributed by atoms with E-state index >= 15 is 0 Å². The van der Waals surface area contributed by atoms with E-state index in [0.717, 1.165) is 17.1 Å². The highest BCUT2D eigenvalue weighted by Gasteiger charge is 2.23. The van der Waals surface area contributed by atoms with Gasteiger partial charge in [-0.05, 0) is 35.9 Å². The molecule has 3 aromatic rings. The van der Waals surface area contributed by atoms with Gasteiger partial charge in [-0.1, -0.05) is 52.5 Å². The Bertz CT molecular complexity index is 895. The van der Waals surface area contributed by atoms with Crippen LogP contribution in [0.2, 0.25) is 20.1 Å². The zero-order chi connectivity index (χ0) is 18.0. The lowest BCUT2D eigenvalue weighted by molar-refractivity contribution is 0.186. The number of hydrogen-bond acceptors (Lipinski definition) is 2. The number of imidazole rings is 1. The molecule has 130 valence electrons. The van der Waals surface area contributed by atoms with Crippen LogP contribution < -0.4 is 0 Å². The number of ether oxygens (including phenoxy) is 1. The summed E-state index contributed by atoms with van der Waals surface area (Å²) in [6.45, 7) is 0.406. The molecular weight excluding hydrogens is 402 g/mol. The highest BCUT2D eigenvalue weighted by Crippen LogP contribution is 2.34. The Kier molecular flexibility index (Phi) is 5.92. The van der Waals surface area contributed by atoms with Gasteiger partial charge >= 0.3 is 0 Å². The maximum absolute atomic E-state index is 6.41. The summed E-state index contributed by atoms with van der Waals surface area (Å²) in [6.07, 6.45) is 3.56. The van der Waals surface area contributed by atoms with E-state index in [1.807, 2.05) is 22.9 Å². The predicted octanol–water partition coefficient (Wildman–Crippen LogP) is 6.26. The number of benzene rings is 2. The quantitative estimate of drug-likeness (QED) is 0.491. The standard InChI is InChI=1S/C18H14Cl4N2O/c1-25-10-14(13-4-2-11(19)8-15(13)21)18-23-6-7-24(18)17-5-3-12(20)9-16(17)22/h2-9,14H,10H2,1H3. The number of halogens is 4. The van der Waals surface area contributed by atoms with Crippen LogP contribution in [0.25, 0.3) is 5.69 Å². The lowest BCUT2D eigenvalue weighted by Crippen LogP contribution is -2.14. The molecule has 0 aliphatic carbocycles. The van der Waals surface area contributed by atoms with E-state index in [0.29, 0.717) is 26.7 Å². The topological polar surface area (TPSA) is 27.1 Å². The summed E-state index contributed by atoms with van der Waals surface area (Å²) in [6, 6.07) is 10.7. The average Bonchev–Trinajstić information content (AvgIpc) is 3.02. The monoisotopic (exact) mass is 414 g/mol. The molecule has 0 spiro atoms. The molecule has 1 atom stereocenters. The fourth-order valence-corrected chi connectivity index (χ4v) is 3.75. The highest BCUT2D eigenvalue weighted by atomic mass is 35.5. The van der Waals surface area contributed by atoms with Crippen LogP contribution >= 0.6 is 46.4 Å². The van der Waals surface area contributed by atoms with Crippen LogP contribution in [-0.4, -0.2) is 23.3 Å². The third-order valence-electron chi connectivity index (χ3n) is 3.82. The normalized spacial score (nSPS) is 12.4. The van der Waals surface area contributed by atoms with E-state index in [4.69, 9.17) is 51.1 Å². The van der Waals surface area contributed by atoms with Crippen LogP contribution in [0.5, 0.6) is 0 Å². The lowest BCUT2D eigenvalue weighted by atomic mass is 9.98. The molecule has 0 bridgehead atoms. The Balaban J connectivity index is 2.11. The van der Waals surface area contributed by atoms with Crippen molar-refractivity contribution in [2.24, 2.45) is 0 Å². The van der Waals surface area contributed by atoms with Gasteiger partial charge < -0.3 is 9.30 Å². The first-order chi connectivity index (χ1) is 12.0. The fraction of sp³-hybridized carbons (Fsp3) is 0.167. The van der Waals surface area contributed by atoms with Crippen molar-refractivity contribution in [3.63, 3.8) is 0 Å². The Morgan fingerprint density at radius 3 is 2.32 bits per heavy atom. The molecule has 0 saturated carbocycles. The SMILES string of the molecule is COCC(c1ccc(Cl)cc1Cl)c1nccn1-c1ccc(Cl)cc1Cl. The van der Waals surface area contributed by atoms with Gasteiger partial charge in [-0.2, -0.15) is 0 Å². The van der Waals surface area contributed by atoms with Gasteiger partial charge in [0.05, 0.1) is 23.2 Å². The number of nitrogens with zero attached hydrogens (tertiary/aromatic N) is 2. The summed E-state index contributed by atoms with van der Waals surface area (Å²) in [5, 5.41) is 2.25. The van der Waals surface area contributed by atoms with E-state index in [1.165, 1.54) is 0 Å². The summed E-state index contributed by atoms with van der Waals surface area (Å²) in [7, 11) is 1.64. The molecule has 2 aromatic carbocycles. The first kappa shape index (κ1) is 18.6. The maximum Gasteiger partial charge on any atom is 0.123 e. The smallest absolute Gasteiger partial charge is 0.123 e. The molecule has 1 unspecified atom stereocenters. The number of methoxy groups -OCH3 is 1. The third kappa shape index (κ3) is 3.97. The van der Waals surface area contributed by atoms with Crippen LogP contribution in [0.1, 0.15) is 17.3 Å². The molecule has 0 aliphatic rings. The second kappa shape index (κ2) is 7.98. The van der Waals surface area contributed by atoms with Gasteiger partial charge in [0, 0.05) is 34.6 Å². The Labute approximate surface area is 166 Å². The zero-order valence-electron chi connectivity index (χ0n) is 13.2. The second-order valence-corrected chi connectivity index (χ2v) is 7.11. The van der Waals surface area contributed by atoms with Crippen molar-refractivity contribution >= 4 is 46.4 Å². The number of aromatic nitrogens is 2. The van der Waals surface area contributed by atoms with Gasteiger partial charge in [0.25, 0.3) is 0 Å². The molecule has 25 heavy (non-hydrogen) atoms. The van der Waals surface area contributed by atoms with Crippen LogP contribution in [-0.2, 0) is 4.74 Å². The Morgan fingerprint density at radius 2 is 1.68 bits per heavy atom. The molecule has 1 heterocycles. The summed E-state index contributed by atoms with van der Waals surface area (Å²) in [5.41, 5.74) is 1.66. The molecule has 3 nitrogen and oxygen atoms in total. The molecule has 0 amide bonds. The summed E-state index contributed by atoms with van der Waals surface area (Å²) < 4.78 is 7.32. The van der Waals surface area contributed by atoms with Crippen LogP contribution in [0.4, 0.5) is 0 Å². The molecule has 0 fully saturated rings. The minimum absolute atomic E-state index is 0.184. The Morgan fingerprint density at radius 1 is 1.00 bits per heavy atom. The van der Waals surface area contributed by atoms with E-state index in [1.54, 1.807) is 37.6 Å². The third-order valence-corrected chi connectivity index (χ3v) is 4.92. The van der Waals surface area contributed by atoms with Crippen LogP contribution in [0, 0.1) is 0 Å². The molecule has 0 N–H and O–H groups in total. The molecule has 0 aliphatic heterocycles. The van der Waals surface area contributed by atoms with Crippen molar-refractivity contribution in [3.05, 3.63) is 80.3 Å². The van der Waals surface area contributed by atoms with Gasteiger partial charge in [0.2, 0.25) is 0 Å². The molecule has 7 heteroatoms. The minimum Gasteiger partial charge on any atom is -0.384 e. The van der Waals surface area contributed by atoms with E-state index in [9.17, 15) is 0 Å². The van der Waals surface area contributed by atoms with Crippen molar-refractivity contribution in [2.45, 2.75) is 5.92 Å². The average molecular weight is 416 g/mol. The van der Waals surface area contributed by atoms with Gasteiger partial charge in [0.15, 0.2) is 0 Å². The van der Waals surface area contributed by atoms with E-state index in [2.05, 4.69) is 4.98 Å². The number of rotatable bonds is 5. The zero-order valence-corrected chi connectivity index (χ0v) is 16.2. The van der Waals surface area contributed by atoms with Crippen LogP contribution in [0.15, 0.2) is 48.8 Å². The van der Waals surface area contributed by atoms with Gasteiger partial charge in [-0.15, -0.1) is 0 Å². The van der Waals surface area contributed by atoms with Crippen molar-refractivity contribution in [1.82, 2.24) is 9.55 Å². The van der Waals surface area contributed by atoms with Crippen molar-refractivity contribution in [2.75, 3.05) is 13.7 Å². The summed E-state index contributed by atoms with van der Waals surface area (Å²) in [5.74, 6) is 0.576. The lowest BCUT2D eigenvalue weighted by Gasteiger charge is -2.20. The van der Waals surface area contributed by atoms with E-state index < -0.39 is 0 Å². The predicted molar refractivity (Wildman–Crippen MR) is 104 cm³/mol. The molecule has 0 radical (unpaired) electrons. The van der Waals surface area contributed by atoms with Crippen molar-refractivity contribution in [1.29, 1.82) is 0 Å². The first-order valence-electron chi connectivity index (χ1n) is 7.44. The Hall–Kier alpha value is -1.23. The molecular formula is C18H14Cl4N2O. The van der Waals surface area contributed by atoms with Crippen LogP contribution in [0.3, 0.4) is 0 Å². The van der Waals surface area contributed by atoms with Crippen molar-refractivity contribution in [3.8, 4) is 5.69 Å². The second-order valence-electron chi connectivity index (χ2n) is 5.42. The largest absolute Gasteiger partial charge is 0.384 e. The molecule has 1 aromatic heterocycles. The minimum atomic E-state index is -0.184. The highest BCUT2D eigenvalue weighted by molar-refractivity contribution is 6.36. The summed E-state index contributed by atoms with van der Waals surface area (Å²) in [4.78, 5) is 4.51. The maximum atomic E-state index is 6.41. The number of hydrogen-bond donors (Lipinski definition) is 0. The van der Waals surface area contributed by atoms with Gasteiger partial charge in [0.1, 0.15) is 5.82 Å². The van der Waals surface area contributed by atoms with E-state index in [-0.39, 0.29) is 5.92 Å². The fourth-order valence-electron chi connectivity index (χ4n) is 2.71.